The molecule has 0 heterocycles. The van der Waals surface area contributed by atoms with Gasteiger partial charge in [0.05, 0.1) is 12.0 Å². The number of amides is 1. The number of rotatable bonds is 4. The molecule has 0 aromatic heterocycles. The summed E-state index contributed by atoms with van der Waals surface area (Å²) in [5.74, 6) is -2.64. The zero-order chi connectivity index (χ0) is 9.72. The summed E-state index contributed by atoms with van der Waals surface area (Å²) in [4.78, 5) is 21.1. The molecule has 8 heteroatoms. The van der Waals surface area contributed by atoms with Crippen LogP contribution in [0.2, 0.25) is 0 Å². The van der Waals surface area contributed by atoms with E-state index in [1.165, 1.54) is 0 Å². The molecule has 13 heavy (non-hydrogen) atoms. The number of carbonyl (C=O) groups is 2. The van der Waals surface area contributed by atoms with Gasteiger partial charge in [0, 0.05) is 17.5 Å². The third-order valence-electron chi connectivity index (χ3n) is 1.07. The van der Waals surface area contributed by atoms with Crippen molar-refractivity contribution in [3.8, 4) is 0 Å². The van der Waals surface area contributed by atoms with Crippen LogP contribution in [0.25, 0.3) is 0 Å². The monoisotopic (exact) mass is 253 g/mol. The van der Waals surface area contributed by atoms with Crippen molar-refractivity contribution in [2.45, 2.75) is 6.04 Å². The summed E-state index contributed by atoms with van der Waals surface area (Å²) in [7, 11) is 0. The molecule has 0 aliphatic heterocycles. The molecule has 70 valence electrons. The molecule has 1 atom stereocenters. The fraction of sp³-hybridized carbons (Fsp3) is 0.600. The van der Waals surface area contributed by atoms with Crippen molar-refractivity contribution in [1.82, 2.24) is 4.42 Å². The molecule has 0 aromatic rings. The molecule has 1 amide bonds. The van der Waals surface area contributed by atoms with E-state index in [2.05, 4.69) is 12.6 Å². The van der Waals surface area contributed by atoms with Gasteiger partial charge in [-0.05, 0) is 0 Å². The minimum Gasteiger partial charge on any atom is -0.548 e. The van der Waals surface area contributed by atoms with Crippen molar-refractivity contribution < 1.29 is 44.3 Å². The molecule has 0 aliphatic carbocycles. The Labute approximate surface area is 113 Å². The average molecular weight is 254 g/mol. The summed E-state index contributed by atoms with van der Waals surface area (Å²) in [6.45, 7) is 0. The van der Waals surface area contributed by atoms with Crippen LogP contribution >= 0.6 is 36.0 Å². The molecular weight excluding hydrogens is 248 g/mol. The summed E-state index contributed by atoms with van der Waals surface area (Å²) in [5.41, 5.74) is 0. The maximum Gasteiger partial charge on any atom is 1.00 e. The van der Waals surface area contributed by atoms with E-state index in [-0.39, 0.29) is 41.2 Å². The summed E-state index contributed by atoms with van der Waals surface area (Å²) in [6.07, 6.45) is 0. The van der Waals surface area contributed by atoms with Crippen LogP contribution < -0.4 is 34.7 Å². The van der Waals surface area contributed by atoms with Crippen molar-refractivity contribution >= 4 is 47.9 Å². The van der Waals surface area contributed by atoms with Gasteiger partial charge >= 0.3 is 29.6 Å². The molecule has 0 bridgehead atoms. The minimum atomic E-state index is -1.46. The van der Waals surface area contributed by atoms with Crippen LogP contribution in [0.4, 0.5) is 0 Å². The first-order chi connectivity index (χ1) is 5.54. The predicted molar refractivity (Wildman–Crippen MR) is 46.1 cm³/mol. The normalized spacial score (nSPS) is 11.3. The fourth-order valence-corrected chi connectivity index (χ4v) is 1.28. The predicted octanol–water partition coefficient (Wildman–Crippen LogP) is -3.74. The first-order valence-electron chi connectivity index (χ1n) is 2.90. The van der Waals surface area contributed by atoms with Crippen LogP contribution in [-0.4, -0.2) is 34.0 Å². The Morgan fingerprint density at radius 1 is 1.54 bits per heavy atom. The molecule has 0 aromatic carbocycles. The van der Waals surface area contributed by atoms with Gasteiger partial charge in [-0.1, -0.05) is 0 Å². The van der Waals surface area contributed by atoms with Crippen LogP contribution in [0.3, 0.4) is 0 Å². The Morgan fingerprint density at radius 2 is 2.00 bits per heavy atom. The van der Waals surface area contributed by atoms with Crippen LogP contribution in [0, 0.1) is 0 Å². The Hall–Kier alpha value is 0.870. The molecule has 0 aliphatic rings. The largest absolute Gasteiger partial charge is 1.00 e. The van der Waals surface area contributed by atoms with Crippen molar-refractivity contribution in [3.63, 3.8) is 0 Å². The number of carboxylic acids is 1. The van der Waals surface area contributed by atoms with Gasteiger partial charge in [-0.3, -0.25) is 4.79 Å². The molecule has 0 saturated heterocycles. The van der Waals surface area contributed by atoms with Gasteiger partial charge in [0.15, 0.2) is 0 Å². The number of nitrogens with zero attached hydrogens (tertiary/aromatic N) is 1. The van der Waals surface area contributed by atoms with E-state index in [0.29, 0.717) is 4.42 Å². The van der Waals surface area contributed by atoms with E-state index in [1.54, 1.807) is 0 Å². The standard InChI is InChI=1S/C5H7Cl2NO3S.Na/c6-1-4(9)8(7)3(2-12)5(10)11;/h3,12H,1-2H2,(H,10,11);/q;+1/p-1/t3-;/m0./s1. The second kappa shape index (κ2) is 8.20. The number of aliphatic carboxylic acids is 1. The number of carboxylic acid groups (broad SMARTS) is 1. The van der Waals surface area contributed by atoms with Gasteiger partial charge in [0.2, 0.25) is 0 Å². The first-order valence-corrected chi connectivity index (χ1v) is 4.40. The average Bonchev–Trinajstić information content (AvgIpc) is 2.03. The molecule has 0 unspecified atom stereocenters. The fourth-order valence-electron chi connectivity index (χ4n) is 0.470. The Bertz CT molecular complexity index is 195. The maximum absolute atomic E-state index is 10.8. The zero-order valence-corrected chi connectivity index (χ0v) is 11.3. The molecule has 0 rings (SSSR count). The quantitative estimate of drug-likeness (QED) is 0.243. The molecule has 0 radical (unpaired) electrons. The smallest absolute Gasteiger partial charge is 0.548 e. The van der Waals surface area contributed by atoms with E-state index in [9.17, 15) is 14.7 Å². The van der Waals surface area contributed by atoms with Gasteiger partial charge in [-0.25, -0.2) is 4.42 Å². The summed E-state index contributed by atoms with van der Waals surface area (Å²) >= 11 is 14.1. The van der Waals surface area contributed by atoms with Gasteiger partial charge in [-0.15, -0.1) is 11.6 Å². The van der Waals surface area contributed by atoms with E-state index < -0.39 is 17.9 Å². The van der Waals surface area contributed by atoms with E-state index in [1.807, 2.05) is 0 Å². The number of hydrogen-bond donors (Lipinski definition) is 1. The molecule has 0 spiro atoms. The maximum atomic E-state index is 10.8. The third-order valence-corrected chi connectivity index (χ3v) is 2.07. The van der Waals surface area contributed by atoms with Gasteiger partial charge in [-0.2, -0.15) is 12.6 Å². The SMILES string of the molecule is O=C([O-])[C@H](CS)N(Cl)C(=O)CCl.[Na+]. The van der Waals surface area contributed by atoms with Crippen molar-refractivity contribution in [2.24, 2.45) is 0 Å². The van der Waals surface area contributed by atoms with Gasteiger partial charge < -0.3 is 9.90 Å². The van der Waals surface area contributed by atoms with Crippen molar-refractivity contribution in [2.75, 3.05) is 11.6 Å². The summed E-state index contributed by atoms with van der Waals surface area (Å²) < 4.78 is 0.481. The first kappa shape index (κ1) is 16.3. The number of alkyl halides is 1. The Balaban J connectivity index is 0. The topological polar surface area (TPSA) is 60.4 Å². The van der Waals surface area contributed by atoms with Crippen LogP contribution in [-0.2, 0) is 9.59 Å². The van der Waals surface area contributed by atoms with E-state index >= 15 is 0 Å². The van der Waals surface area contributed by atoms with Crippen LogP contribution in [0.1, 0.15) is 0 Å². The number of hydrogen-bond acceptors (Lipinski definition) is 4. The van der Waals surface area contributed by atoms with Crippen molar-refractivity contribution in [1.29, 1.82) is 0 Å². The van der Waals surface area contributed by atoms with Gasteiger partial charge in [0.25, 0.3) is 5.91 Å². The molecule has 0 N–H and O–H groups in total. The van der Waals surface area contributed by atoms with Crippen molar-refractivity contribution in [3.05, 3.63) is 0 Å². The summed E-state index contributed by atoms with van der Waals surface area (Å²) in [5, 5.41) is 10.3. The molecular formula is C5H6Cl2NNaO3S. The molecule has 0 saturated carbocycles. The minimum absolute atomic E-state index is 0. The van der Waals surface area contributed by atoms with E-state index in [0.717, 1.165) is 0 Å². The summed E-state index contributed by atoms with van der Waals surface area (Å²) in [6, 6.07) is -1.25. The van der Waals surface area contributed by atoms with Gasteiger partial charge in [0.1, 0.15) is 5.88 Å². The second-order valence-corrected chi connectivity index (χ2v) is 2.85. The molecule has 0 fully saturated rings. The number of thiol groups is 1. The zero-order valence-electron chi connectivity index (χ0n) is 6.87. The number of carbonyl (C=O) groups excluding carboxylic acids is 2. The second-order valence-electron chi connectivity index (χ2n) is 1.86. The van der Waals surface area contributed by atoms with Crippen LogP contribution in [0.15, 0.2) is 0 Å². The number of halogens is 2. The Morgan fingerprint density at radius 3 is 2.23 bits per heavy atom. The van der Waals surface area contributed by atoms with E-state index in [4.69, 9.17) is 23.4 Å². The van der Waals surface area contributed by atoms with Crippen LogP contribution in [0.5, 0.6) is 0 Å². The Kier molecular flexibility index (Phi) is 10.3. The molecule has 4 nitrogen and oxygen atoms in total. The third kappa shape index (κ3) is 5.34.